The van der Waals surface area contributed by atoms with Gasteiger partial charge in [-0.25, -0.2) is 0 Å². The molecule has 0 bridgehead atoms. The van der Waals surface area contributed by atoms with Gasteiger partial charge in [0.2, 0.25) is 0 Å². The van der Waals surface area contributed by atoms with Crippen LogP contribution in [-0.2, 0) is 13.1 Å². The Balaban J connectivity index is 1.53. The molecule has 3 heterocycles. The molecule has 0 aliphatic carbocycles. The van der Waals surface area contributed by atoms with E-state index in [0.29, 0.717) is 0 Å². The van der Waals surface area contributed by atoms with E-state index in [1.807, 2.05) is 6.07 Å². The molecule has 3 aliphatic heterocycles. The molecule has 2 unspecified atom stereocenters. The van der Waals surface area contributed by atoms with E-state index in [-0.39, 0.29) is 0 Å². The first-order valence-corrected chi connectivity index (χ1v) is 7.66. The molecule has 1 aromatic rings. The molecule has 2 atom stereocenters. The minimum atomic E-state index is 0.772. The fraction of sp³-hybridized carbons (Fsp3) is 0.625. The molecule has 0 spiro atoms. The van der Waals surface area contributed by atoms with Gasteiger partial charge in [-0.1, -0.05) is 12.5 Å². The van der Waals surface area contributed by atoms with Gasteiger partial charge in [0.1, 0.15) is 0 Å². The number of nitrogens with two attached hydrogens (primary N) is 1. The summed E-state index contributed by atoms with van der Waals surface area (Å²) in [6, 6.07) is 8.03. The standard InChI is InChI=1S/C16H23N3/c17-14-5-4-12-10-19(11-13(12)9-14)16-6-8-18-7-2-1-3-15(16)18/h4-5,9,15-16H,1-3,6-8,10-11,17H2. The van der Waals surface area contributed by atoms with Gasteiger partial charge < -0.3 is 5.73 Å². The molecule has 2 saturated heterocycles. The van der Waals surface area contributed by atoms with Crippen LogP contribution in [0.3, 0.4) is 0 Å². The Labute approximate surface area is 115 Å². The predicted molar refractivity (Wildman–Crippen MR) is 77.7 cm³/mol. The predicted octanol–water partition coefficient (Wildman–Crippen LogP) is 2.21. The second kappa shape index (κ2) is 4.50. The SMILES string of the molecule is Nc1ccc2c(c1)CN(C1CCN3CCCCC13)C2. The van der Waals surface area contributed by atoms with Crippen molar-refractivity contribution in [2.75, 3.05) is 18.8 Å². The third kappa shape index (κ3) is 1.96. The Kier molecular flexibility index (Phi) is 2.78. The molecule has 19 heavy (non-hydrogen) atoms. The Morgan fingerprint density at radius 2 is 1.74 bits per heavy atom. The molecule has 0 amide bonds. The summed E-state index contributed by atoms with van der Waals surface area (Å²) in [7, 11) is 0. The number of piperidine rings is 1. The van der Waals surface area contributed by atoms with E-state index in [0.717, 1.165) is 30.9 Å². The Morgan fingerprint density at radius 1 is 0.895 bits per heavy atom. The van der Waals surface area contributed by atoms with E-state index in [1.54, 1.807) is 0 Å². The van der Waals surface area contributed by atoms with Crippen LogP contribution < -0.4 is 5.73 Å². The lowest BCUT2D eigenvalue weighted by atomic mass is 9.98. The summed E-state index contributed by atoms with van der Waals surface area (Å²) in [4.78, 5) is 5.42. The summed E-state index contributed by atoms with van der Waals surface area (Å²) in [6.45, 7) is 4.87. The molecule has 2 fully saturated rings. The number of nitrogens with zero attached hydrogens (tertiary/aromatic N) is 2. The summed E-state index contributed by atoms with van der Waals surface area (Å²) in [5, 5.41) is 0. The zero-order valence-electron chi connectivity index (χ0n) is 11.5. The largest absolute Gasteiger partial charge is 0.399 e. The minimum Gasteiger partial charge on any atom is -0.399 e. The van der Waals surface area contributed by atoms with Crippen molar-refractivity contribution in [2.45, 2.75) is 50.9 Å². The molecule has 2 N–H and O–H groups in total. The molecule has 0 aromatic heterocycles. The molecule has 102 valence electrons. The Hall–Kier alpha value is -1.06. The summed E-state index contributed by atoms with van der Waals surface area (Å²) < 4.78 is 0. The quantitative estimate of drug-likeness (QED) is 0.783. The molecule has 3 heteroatoms. The maximum absolute atomic E-state index is 5.91. The molecule has 0 saturated carbocycles. The van der Waals surface area contributed by atoms with Gasteiger partial charge in [-0.15, -0.1) is 0 Å². The fourth-order valence-corrected chi connectivity index (χ4v) is 4.32. The van der Waals surface area contributed by atoms with Crippen molar-refractivity contribution in [3.63, 3.8) is 0 Å². The van der Waals surface area contributed by atoms with Crippen LogP contribution in [0.2, 0.25) is 0 Å². The van der Waals surface area contributed by atoms with Crippen molar-refractivity contribution in [2.24, 2.45) is 0 Å². The Bertz CT molecular complexity index is 485. The van der Waals surface area contributed by atoms with Crippen LogP contribution in [0.1, 0.15) is 36.8 Å². The monoisotopic (exact) mass is 257 g/mol. The summed E-state index contributed by atoms with van der Waals surface area (Å²) in [5.41, 5.74) is 9.76. The molecule has 4 rings (SSSR count). The highest BCUT2D eigenvalue weighted by molar-refractivity contribution is 5.46. The van der Waals surface area contributed by atoms with Crippen LogP contribution in [0, 0.1) is 0 Å². The van der Waals surface area contributed by atoms with Gasteiger partial charge in [0.25, 0.3) is 0 Å². The van der Waals surface area contributed by atoms with Crippen molar-refractivity contribution < 1.29 is 0 Å². The van der Waals surface area contributed by atoms with Crippen LogP contribution in [0.15, 0.2) is 18.2 Å². The maximum Gasteiger partial charge on any atom is 0.0317 e. The number of anilines is 1. The zero-order chi connectivity index (χ0) is 12.8. The third-order valence-corrected chi connectivity index (χ3v) is 5.27. The smallest absolute Gasteiger partial charge is 0.0317 e. The molecule has 3 aliphatic rings. The summed E-state index contributed by atoms with van der Waals surface area (Å²) in [6.07, 6.45) is 5.58. The molecule has 3 nitrogen and oxygen atoms in total. The van der Waals surface area contributed by atoms with E-state index in [1.165, 1.54) is 49.9 Å². The van der Waals surface area contributed by atoms with E-state index in [4.69, 9.17) is 5.73 Å². The molecule has 1 aromatic carbocycles. The average molecular weight is 257 g/mol. The van der Waals surface area contributed by atoms with Crippen molar-refractivity contribution in [3.05, 3.63) is 29.3 Å². The van der Waals surface area contributed by atoms with Crippen molar-refractivity contribution in [3.8, 4) is 0 Å². The molecule has 0 radical (unpaired) electrons. The van der Waals surface area contributed by atoms with Gasteiger partial charge >= 0.3 is 0 Å². The van der Waals surface area contributed by atoms with Crippen molar-refractivity contribution >= 4 is 5.69 Å². The highest BCUT2D eigenvalue weighted by Crippen LogP contribution is 2.35. The second-order valence-electron chi connectivity index (χ2n) is 6.39. The van der Waals surface area contributed by atoms with Crippen LogP contribution in [0.25, 0.3) is 0 Å². The van der Waals surface area contributed by atoms with E-state index in [2.05, 4.69) is 21.9 Å². The van der Waals surface area contributed by atoms with Gasteiger partial charge in [0, 0.05) is 37.4 Å². The third-order valence-electron chi connectivity index (χ3n) is 5.27. The van der Waals surface area contributed by atoms with Crippen LogP contribution >= 0.6 is 0 Å². The molecular weight excluding hydrogens is 234 g/mol. The summed E-state index contributed by atoms with van der Waals surface area (Å²) in [5.74, 6) is 0. The van der Waals surface area contributed by atoms with E-state index < -0.39 is 0 Å². The van der Waals surface area contributed by atoms with Crippen LogP contribution in [0.5, 0.6) is 0 Å². The maximum atomic E-state index is 5.91. The first-order valence-electron chi connectivity index (χ1n) is 7.66. The lowest BCUT2D eigenvalue weighted by Crippen LogP contribution is -2.45. The highest BCUT2D eigenvalue weighted by Gasteiger charge is 2.40. The topological polar surface area (TPSA) is 32.5 Å². The Morgan fingerprint density at radius 3 is 2.68 bits per heavy atom. The van der Waals surface area contributed by atoms with E-state index >= 15 is 0 Å². The van der Waals surface area contributed by atoms with Crippen molar-refractivity contribution in [1.82, 2.24) is 9.80 Å². The fourth-order valence-electron chi connectivity index (χ4n) is 4.32. The van der Waals surface area contributed by atoms with Gasteiger partial charge in [0.05, 0.1) is 0 Å². The first kappa shape index (κ1) is 11.7. The number of nitrogen functional groups attached to an aromatic ring is 1. The zero-order valence-corrected chi connectivity index (χ0v) is 11.5. The van der Waals surface area contributed by atoms with Gasteiger partial charge in [-0.2, -0.15) is 0 Å². The van der Waals surface area contributed by atoms with Crippen LogP contribution in [0.4, 0.5) is 5.69 Å². The van der Waals surface area contributed by atoms with Gasteiger partial charge in [0.15, 0.2) is 0 Å². The lowest BCUT2D eigenvalue weighted by Gasteiger charge is -2.36. The average Bonchev–Trinajstić information content (AvgIpc) is 3.00. The number of fused-ring (bicyclic) bond motifs is 2. The lowest BCUT2D eigenvalue weighted by molar-refractivity contribution is 0.113. The van der Waals surface area contributed by atoms with Crippen LogP contribution in [-0.4, -0.2) is 35.0 Å². The number of hydrogen-bond donors (Lipinski definition) is 1. The minimum absolute atomic E-state index is 0.772. The number of hydrogen-bond acceptors (Lipinski definition) is 3. The second-order valence-corrected chi connectivity index (χ2v) is 6.39. The van der Waals surface area contributed by atoms with E-state index in [9.17, 15) is 0 Å². The number of rotatable bonds is 1. The van der Waals surface area contributed by atoms with Gasteiger partial charge in [-0.05, 0) is 49.1 Å². The van der Waals surface area contributed by atoms with Gasteiger partial charge in [-0.3, -0.25) is 9.80 Å². The first-order chi connectivity index (χ1) is 9.31. The number of benzene rings is 1. The summed E-state index contributed by atoms with van der Waals surface area (Å²) >= 11 is 0. The van der Waals surface area contributed by atoms with Crippen molar-refractivity contribution in [1.29, 1.82) is 0 Å². The normalized spacial score (nSPS) is 31.4. The molecular formula is C16H23N3. The highest BCUT2D eigenvalue weighted by atomic mass is 15.3.